The number of thiol groups is 1. The van der Waals surface area contributed by atoms with E-state index in [4.69, 9.17) is 16.1 Å². The van der Waals surface area contributed by atoms with Crippen molar-refractivity contribution in [3.05, 3.63) is 28.8 Å². The highest BCUT2D eigenvalue weighted by Crippen LogP contribution is 2.49. The van der Waals surface area contributed by atoms with E-state index in [1.807, 2.05) is 6.07 Å². The average Bonchev–Trinajstić information content (AvgIpc) is 3.12. The minimum Gasteiger partial charge on any atom is -0.296 e. The number of nitrogens with zero attached hydrogens (tertiary/aromatic N) is 3. The zero-order valence-corrected chi connectivity index (χ0v) is 14.0. The highest BCUT2D eigenvalue weighted by Gasteiger charge is 2.48. The van der Waals surface area contributed by atoms with Crippen molar-refractivity contribution in [3.8, 4) is 6.07 Å². The van der Waals surface area contributed by atoms with Gasteiger partial charge >= 0.3 is 0 Å². The van der Waals surface area contributed by atoms with Crippen molar-refractivity contribution in [1.82, 2.24) is 9.38 Å². The van der Waals surface area contributed by atoms with Gasteiger partial charge in [0.1, 0.15) is 10.5 Å². The molecule has 1 aliphatic rings. The van der Waals surface area contributed by atoms with Gasteiger partial charge in [0.15, 0.2) is 5.82 Å². The number of halogens is 1. The summed E-state index contributed by atoms with van der Waals surface area (Å²) in [6, 6.07) is 4.03. The molecule has 0 atom stereocenters. The van der Waals surface area contributed by atoms with Crippen molar-refractivity contribution >= 4 is 55.9 Å². The molecule has 1 fully saturated rings. The fourth-order valence-electron chi connectivity index (χ4n) is 1.97. The molecule has 1 aliphatic carbocycles. The Hall–Kier alpha value is -1.30. The summed E-state index contributed by atoms with van der Waals surface area (Å²) < 4.78 is 2.61. The van der Waals surface area contributed by atoms with Gasteiger partial charge in [0, 0.05) is 15.6 Å². The first-order chi connectivity index (χ1) is 9.97. The maximum absolute atomic E-state index is 9.10. The van der Waals surface area contributed by atoms with Crippen LogP contribution in [0.3, 0.4) is 0 Å². The van der Waals surface area contributed by atoms with Gasteiger partial charge in [-0.2, -0.15) is 5.26 Å². The van der Waals surface area contributed by atoms with Gasteiger partial charge in [0.05, 0.1) is 22.8 Å². The third-order valence-corrected chi connectivity index (χ3v) is 5.24. The molecule has 5 nitrogen and oxygen atoms in total. The molecule has 1 saturated carbocycles. The number of nitrogens with one attached hydrogen (secondary N) is 2. The van der Waals surface area contributed by atoms with E-state index in [0.29, 0.717) is 18.7 Å². The predicted molar refractivity (Wildman–Crippen MR) is 89.6 cm³/mol. The van der Waals surface area contributed by atoms with Crippen LogP contribution < -0.4 is 0 Å². The summed E-state index contributed by atoms with van der Waals surface area (Å²) in [5.41, 5.74) is 0.167. The van der Waals surface area contributed by atoms with Crippen LogP contribution in [0, 0.1) is 27.6 Å². The maximum Gasteiger partial charge on any atom is 0.169 e. The summed E-state index contributed by atoms with van der Waals surface area (Å²) in [4.78, 5) is 5.00. The topological polar surface area (TPSA) is 88.8 Å². The summed E-state index contributed by atoms with van der Waals surface area (Å²) in [5.74, 6) is 0.449. The van der Waals surface area contributed by atoms with Crippen molar-refractivity contribution in [2.45, 2.75) is 17.7 Å². The molecule has 0 unspecified atom stereocenters. The second-order valence-corrected chi connectivity index (χ2v) is 7.23. The molecule has 0 saturated heterocycles. The average molecular weight is 380 g/mol. The molecule has 2 heterocycles. The largest absolute Gasteiger partial charge is 0.296 e. The molecule has 2 aromatic rings. The molecule has 3 rings (SSSR count). The molecule has 106 valence electrons. The van der Waals surface area contributed by atoms with Crippen LogP contribution in [0.4, 0.5) is 0 Å². The Labute approximate surface area is 139 Å². The van der Waals surface area contributed by atoms with Crippen LogP contribution in [0.25, 0.3) is 5.52 Å². The molecule has 2 aromatic heterocycles. The van der Waals surface area contributed by atoms with Crippen molar-refractivity contribution in [1.29, 1.82) is 16.1 Å². The summed E-state index contributed by atoms with van der Waals surface area (Å²) >= 11 is 8.76. The van der Waals surface area contributed by atoms with Gasteiger partial charge in [-0.25, -0.2) is 4.98 Å². The molecule has 0 amide bonds. The number of hydrogen-bond acceptors (Lipinski definition) is 6. The predicted octanol–water partition coefficient (Wildman–Crippen LogP) is 3.73. The third-order valence-electron chi connectivity index (χ3n) is 3.38. The lowest BCUT2D eigenvalue weighted by Crippen LogP contribution is -2.13. The molecule has 0 aliphatic heterocycles. The van der Waals surface area contributed by atoms with Gasteiger partial charge in [-0.1, -0.05) is 11.8 Å². The van der Waals surface area contributed by atoms with E-state index in [0.717, 1.165) is 26.6 Å². The number of rotatable bonds is 2. The van der Waals surface area contributed by atoms with Gasteiger partial charge in [-0.15, -0.1) is 12.6 Å². The zero-order chi connectivity index (χ0) is 15.2. The lowest BCUT2D eigenvalue weighted by atomic mass is 10.2. The summed E-state index contributed by atoms with van der Waals surface area (Å²) in [6.07, 6.45) is 4.86. The Morgan fingerprint density at radius 1 is 1.52 bits per heavy atom. The number of thioether (sulfide) groups is 1. The fourth-order valence-corrected chi connectivity index (χ4v) is 3.82. The summed E-state index contributed by atoms with van der Waals surface area (Å²) in [7, 11) is 0. The van der Waals surface area contributed by atoms with Gasteiger partial charge in [-0.3, -0.25) is 15.2 Å². The highest BCUT2D eigenvalue weighted by molar-refractivity contribution is 9.10. The van der Waals surface area contributed by atoms with Crippen LogP contribution in [0.1, 0.15) is 18.7 Å². The number of hydrogen-bond donors (Lipinski definition) is 3. The Balaban J connectivity index is 1.92. The third kappa shape index (κ3) is 2.50. The number of imidazole rings is 1. The van der Waals surface area contributed by atoms with E-state index < -0.39 is 5.41 Å². The molecular weight excluding hydrogens is 370 g/mol. The second kappa shape index (κ2) is 5.16. The number of fused-ring (bicyclic) bond motifs is 1. The van der Waals surface area contributed by atoms with E-state index in [1.165, 1.54) is 0 Å². The molecule has 21 heavy (non-hydrogen) atoms. The minimum absolute atomic E-state index is 0.160. The second-order valence-electron chi connectivity index (χ2n) is 4.84. The fraction of sp³-hybridized carbons (Fsp3) is 0.231. The highest BCUT2D eigenvalue weighted by atomic mass is 79.9. The Morgan fingerprint density at radius 3 is 2.86 bits per heavy atom. The monoisotopic (exact) mass is 379 g/mol. The van der Waals surface area contributed by atoms with Crippen molar-refractivity contribution in [3.63, 3.8) is 0 Å². The van der Waals surface area contributed by atoms with Crippen LogP contribution in [0.15, 0.2) is 27.8 Å². The quantitative estimate of drug-likeness (QED) is 0.421. The molecule has 2 N–H and O–H groups in total. The van der Waals surface area contributed by atoms with Crippen LogP contribution >= 0.6 is 40.3 Å². The van der Waals surface area contributed by atoms with Gasteiger partial charge < -0.3 is 0 Å². The molecule has 0 bridgehead atoms. The molecule has 8 heteroatoms. The van der Waals surface area contributed by atoms with Crippen molar-refractivity contribution in [2.75, 3.05) is 0 Å². The summed E-state index contributed by atoms with van der Waals surface area (Å²) in [6.45, 7) is 0. The summed E-state index contributed by atoms with van der Waals surface area (Å²) in [5, 5.41) is 25.7. The zero-order valence-electron chi connectivity index (χ0n) is 10.7. The Bertz CT molecular complexity index is 816. The number of nitriles is 1. The van der Waals surface area contributed by atoms with E-state index in [-0.39, 0.29) is 10.1 Å². The van der Waals surface area contributed by atoms with E-state index in [2.05, 4.69) is 39.6 Å². The van der Waals surface area contributed by atoms with Crippen molar-refractivity contribution in [2.24, 2.45) is 5.41 Å². The standard InChI is InChI=1S/C13H10BrN5S2/c14-8-3-7(20)5-19-9(8)4-18-11(19)10(16)21-12(17)13(6-15)1-2-13/h3-5,16-17,20H,1-2H2. The SMILES string of the molecule is N#CC1(C(=N)SC(=N)c2ncc3c(Br)cc(S)cn23)CC1. The van der Waals surface area contributed by atoms with Crippen molar-refractivity contribution < 1.29 is 0 Å². The normalized spacial score (nSPS) is 15.7. The van der Waals surface area contributed by atoms with Crippen LogP contribution in [-0.2, 0) is 0 Å². The van der Waals surface area contributed by atoms with Gasteiger partial charge in [0.25, 0.3) is 0 Å². The molecule has 0 aromatic carbocycles. The molecule has 0 spiro atoms. The number of aromatic nitrogens is 2. The minimum atomic E-state index is -0.667. The Morgan fingerprint density at radius 2 is 2.24 bits per heavy atom. The molecule has 0 radical (unpaired) electrons. The smallest absolute Gasteiger partial charge is 0.169 e. The maximum atomic E-state index is 9.10. The van der Waals surface area contributed by atoms with E-state index in [9.17, 15) is 0 Å². The Kier molecular flexibility index (Phi) is 3.59. The van der Waals surface area contributed by atoms with Gasteiger partial charge in [-0.05, 0) is 34.8 Å². The van der Waals surface area contributed by atoms with Gasteiger partial charge in [0.2, 0.25) is 0 Å². The van der Waals surface area contributed by atoms with Crippen LogP contribution in [-0.4, -0.2) is 19.5 Å². The first kappa shape index (κ1) is 14.6. The number of pyridine rings is 1. The van der Waals surface area contributed by atoms with Crippen LogP contribution in [0.2, 0.25) is 0 Å². The van der Waals surface area contributed by atoms with E-state index >= 15 is 0 Å². The lowest BCUT2D eigenvalue weighted by molar-refractivity contribution is 0.948. The van der Waals surface area contributed by atoms with Crippen LogP contribution in [0.5, 0.6) is 0 Å². The molecular formula is C13H10BrN5S2. The lowest BCUT2D eigenvalue weighted by Gasteiger charge is -2.08. The first-order valence-corrected chi connectivity index (χ1v) is 8.15. The van der Waals surface area contributed by atoms with E-state index in [1.54, 1.807) is 16.8 Å². The first-order valence-electron chi connectivity index (χ1n) is 6.09.